The van der Waals surface area contributed by atoms with E-state index in [4.69, 9.17) is 4.74 Å². The Labute approximate surface area is 172 Å². The topological polar surface area (TPSA) is 67.3 Å². The van der Waals surface area contributed by atoms with Gasteiger partial charge >= 0.3 is 0 Å². The predicted octanol–water partition coefficient (Wildman–Crippen LogP) is 4.26. The Morgan fingerprint density at radius 2 is 1.96 bits per heavy atom. The summed E-state index contributed by atoms with van der Waals surface area (Å²) in [7, 11) is 1.61. The molecule has 1 N–H and O–H groups in total. The summed E-state index contributed by atoms with van der Waals surface area (Å²) in [5, 5.41) is 4.03. The van der Waals surface area contributed by atoms with Gasteiger partial charge in [0.1, 0.15) is 17.9 Å². The van der Waals surface area contributed by atoms with Crippen molar-refractivity contribution in [1.82, 2.24) is 9.97 Å². The largest absolute Gasteiger partial charge is 0.495 e. The molecule has 0 saturated carbocycles. The standard InChI is InChI=1S/C21H21BrN4O2/c1-28-19-5-3-2-4-18(19)25-21(27)14-8-10-26(11-9-14)20-16-12-15(22)6-7-17(16)23-13-24-20/h2-7,12-14H,8-11H2,1H3,(H,25,27). The van der Waals surface area contributed by atoms with Crippen molar-refractivity contribution in [3.05, 3.63) is 53.3 Å². The number of fused-ring (bicyclic) bond motifs is 1. The van der Waals surface area contributed by atoms with Crippen LogP contribution in [-0.4, -0.2) is 36.1 Å². The number of carbonyl (C=O) groups excluding carboxylic acids is 1. The van der Waals surface area contributed by atoms with Gasteiger partial charge in [0, 0.05) is 28.9 Å². The van der Waals surface area contributed by atoms with Crippen molar-refractivity contribution in [3.8, 4) is 5.75 Å². The van der Waals surface area contributed by atoms with Gasteiger partial charge in [-0.05, 0) is 43.2 Å². The molecule has 1 aliphatic heterocycles. The first kappa shape index (κ1) is 18.7. The number of hydrogen-bond donors (Lipinski definition) is 1. The molecule has 1 fully saturated rings. The first-order chi connectivity index (χ1) is 13.7. The molecule has 0 spiro atoms. The highest BCUT2D eigenvalue weighted by Crippen LogP contribution is 2.30. The first-order valence-electron chi connectivity index (χ1n) is 9.25. The molecule has 0 atom stereocenters. The van der Waals surface area contributed by atoms with Crippen LogP contribution in [0.5, 0.6) is 5.75 Å². The highest BCUT2D eigenvalue weighted by atomic mass is 79.9. The Balaban J connectivity index is 1.45. The molecule has 144 valence electrons. The number of nitrogens with zero attached hydrogens (tertiary/aromatic N) is 3. The Morgan fingerprint density at radius 1 is 1.18 bits per heavy atom. The number of carbonyl (C=O) groups is 1. The molecule has 3 aromatic rings. The maximum Gasteiger partial charge on any atom is 0.227 e. The lowest BCUT2D eigenvalue weighted by Crippen LogP contribution is -2.38. The van der Waals surface area contributed by atoms with Gasteiger partial charge in [0.05, 0.1) is 18.3 Å². The quantitative estimate of drug-likeness (QED) is 0.656. The summed E-state index contributed by atoms with van der Waals surface area (Å²) in [5.74, 6) is 1.61. The van der Waals surface area contributed by atoms with Crippen LogP contribution >= 0.6 is 15.9 Å². The molecule has 1 amide bonds. The molecule has 4 rings (SSSR count). The lowest BCUT2D eigenvalue weighted by molar-refractivity contribution is -0.120. The second-order valence-electron chi connectivity index (χ2n) is 6.81. The summed E-state index contributed by atoms with van der Waals surface area (Å²) >= 11 is 3.53. The molecule has 0 radical (unpaired) electrons. The van der Waals surface area contributed by atoms with E-state index in [-0.39, 0.29) is 11.8 Å². The first-order valence-corrected chi connectivity index (χ1v) is 10.0. The van der Waals surface area contributed by atoms with Gasteiger partial charge in [-0.2, -0.15) is 0 Å². The predicted molar refractivity (Wildman–Crippen MR) is 114 cm³/mol. The Morgan fingerprint density at radius 3 is 2.75 bits per heavy atom. The van der Waals surface area contributed by atoms with Gasteiger partial charge in [-0.25, -0.2) is 9.97 Å². The van der Waals surface area contributed by atoms with E-state index in [1.165, 1.54) is 0 Å². The van der Waals surface area contributed by atoms with Crippen molar-refractivity contribution in [2.45, 2.75) is 12.8 Å². The molecule has 1 saturated heterocycles. The number of ether oxygens (including phenoxy) is 1. The van der Waals surface area contributed by atoms with Gasteiger partial charge in [0.2, 0.25) is 5.91 Å². The molecular weight excluding hydrogens is 420 g/mol. The van der Waals surface area contributed by atoms with Crippen LogP contribution in [-0.2, 0) is 4.79 Å². The van der Waals surface area contributed by atoms with Gasteiger partial charge in [0.15, 0.2) is 0 Å². The van der Waals surface area contributed by atoms with Gasteiger partial charge < -0.3 is 15.0 Å². The number of amides is 1. The minimum atomic E-state index is -0.0269. The van der Waals surface area contributed by atoms with Crippen LogP contribution in [0, 0.1) is 5.92 Å². The molecule has 6 nitrogen and oxygen atoms in total. The summed E-state index contributed by atoms with van der Waals surface area (Å²) in [5.41, 5.74) is 1.63. The zero-order chi connectivity index (χ0) is 19.5. The van der Waals surface area contributed by atoms with Crippen LogP contribution in [0.4, 0.5) is 11.5 Å². The maximum atomic E-state index is 12.7. The Bertz CT molecular complexity index is 1000. The number of nitrogens with one attached hydrogen (secondary N) is 1. The molecule has 2 aromatic carbocycles. The van der Waals surface area contributed by atoms with Crippen LogP contribution < -0.4 is 15.0 Å². The number of methoxy groups -OCH3 is 1. The second-order valence-corrected chi connectivity index (χ2v) is 7.73. The molecule has 1 aliphatic rings. The lowest BCUT2D eigenvalue weighted by Gasteiger charge is -2.32. The lowest BCUT2D eigenvalue weighted by atomic mass is 9.95. The molecule has 0 unspecified atom stereocenters. The molecule has 0 bridgehead atoms. The number of benzene rings is 2. The SMILES string of the molecule is COc1ccccc1NC(=O)C1CCN(c2ncnc3ccc(Br)cc23)CC1. The van der Waals surface area contributed by atoms with Gasteiger partial charge in [-0.1, -0.05) is 28.1 Å². The van der Waals surface area contributed by atoms with Crippen LogP contribution in [0.3, 0.4) is 0 Å². The van der Waals surface area contributed by atoms with Crippen molar-refractivity contribution < 1.29 is 9.53 Å². The summed E-state index contributed by atoms with van der Waals surface area (Å²) in [6.45, 7) is 1.56. The van der Waals surface area contributed by atoms with E-state index >= 15 is 0 Å². The van der Waals surface area contributed by atoms with Crippen LogP contribution in [0.1, 0.15) is 12.8 Å². The average molecular weight is 441 g/mol. The van der Waals surface area contributed by atoms with E-state index in [0.29, 0.717) is 11.4 Å². The third kappa shape index (κ3) is 3.80. The van der Waals surface area contributed by atoms with Crippen molar-refractivity contribution in [2.24, 2.45) is 5.92 Å². The summed E-state index contributed by atoms with van der Waals surface area (Å²) < 4.78 is 6.32. The highest BCUT2D eigenvalue weighted by molar-refractivity contribution is 9.10. The zero-order valence-corrected chi connectivity index (χ0v) is 17.1. The number of hydrogen-bond acceptors (Lipinski definition) is 5. The van der Waals surface area contributed by atoms with Gasteiger partial charge in [-0.3, -0.25) is 4.79 Å². The molecule has 2 heterocycles. The van der Waals surface area contributed by atoms with E-state index in [9.17, 15) is 4.79 Å². The summed E-state index contributed by atoms with van der Waals surface area (Å²) in [6, 6.07) is 13.5. The summed E-state index contributed by atoms with van der Waals surface area (Å²) in [6.07, 6.45) is 3.16. The normalized spacial score (nSPS) is 14.9. The van der Waals surface area contributed by atoms with Crippen molar-refractivity contribution in [3.63, 3.8) is 0 Å². The minimum Gasteiger partial charge on any atom is -0.495 e. The third-order valence-electron chi connectivity index (χ3n) is 5.11. The number of anilines is 2. The Kier molecular flexibility index (Phi) is 5.43. The molecule has 0 aliphatic carbocycles. The molecule has 28 heavy (non-hydrogen) atoms. The van der Waals surface area contributed by atoms with E-state index in [1.54, 1.807) is 13.4 Å². The number of piperidine rings is 1. The molecular formula is C21H21BrN4O2. The molecule has 7 heteroatoms. The smallest absolute Gasteiger partial charge is 0.227 e. The van der Waals surface area contributed by atoms with Crippen LogP contribution in [0.25, 0.3) is 10.9 Å². The number of aromatic nitrogens is 2. The van der Waals surface area contributed by atoms with Crippen LogP contribution in [0.2, 0.25) is 0 Å². The fourth-order valence-electron chi connectivity index (χ4n) is 3.60. The number of halogens is 1. The van der Waals surface area contributed by atoms with Crippen molar-refractivity contribution >= 4 is 44.2 Å². The van der Waals surface area contributed by atoms with E-state index in [0.717, 1.165) is 47.1 Å². The minimum absolute atomic E-state index is 0.0269. The van der Waals surface area contributed by atoms with Crippen molar-refractivity contribution in [1.29, 1.82) is 0 Å². The number of para-hydroxylation sites is 2. The Hall–Kier alpha value is -2.67. The van der Waals surface area contributed by atoms with Gasteiger partial charge in [-0.15, -0.1) is 0 Å². The fourth-order valence-corrected chi connectivity index (χ4v) is 3.96. The average Bonchev–Trinajstić information content (AvgIpc) is 2.74. The zero-order valence-electron chi connectivity index (χ0n) is 15.6. The highest BCUT2D eigenvalue weighted by Gasteiger charge is 2.27. The van der Waals surface area contributed by atoms with Crippen LogP contribution in [0.15, 0.2) is 53.3 Å². The van der Waals surface area contributed by atoms with Crippen molar-refractivity contribution in [2.75, 3.05) is 30.4 Å². The van der Waals surface area contributed by atoms with E-state index < -0.39 is 0 Å². The fraction of sp³-hybridized carbons (Fsp3) is 0.286. The third-order valence-corrected chi connectivity index (χ3v) is 5.60. The molecule has 1 aromatic heterocycles. The number of rotatable bonds is 4. The summed E-state index contributed by atoms with van der Waals surface area (Å²) in [4.78, 5) is 23.8. The van der Waals surface area contributed by atoms with E-state index in [2.05, 4.69) is 36.1 Å². The second kappa shape index (κ2) is 8.14. The van der Waals surface area contributed by atoms with E-state index in [1.807, 2.05) is 42.5 Å². The maximum absolute atomic E-state index is 12.7. The monoisotopic (exact) mass is 440 g/mol. The van der Waals surface area contributed by atoms with Gasteiger partial charge in [0.25, 0.3) is 0 Å².